The zero-order chi connectivity index (χ0) is 17.5. The number of ether oxygens (including phenoxy) is 1. The van der Waals surface area contributed by atoms with Crippen LogP contribution in [0.1, 0.15) is 16.8 Å². The van der Waals surface area contributed by atoms with Gasteiger partial charge in [-0.15, -0.1) is 0 Å². The van der Waals surface area contributed by atoms with Gasteiger partial charge >= 0.3 is 0 Å². The molecule has 5 heteroatoms. The normalized spacial score (nSPS) is 10.6. The van der Waals surface area contributed by atoms with Crippen LogP contribution < -0.4 is 10.1 Å². The van der Waals surface area contributed by atoms with Crippen molar-refractivity contribution in [2.75, 3.05) is 0 Å². The Morgan fingerprint density at radius 3 is 2.72 bits per heavy atom. The maximum Gasteiger partial charge on any atom is 0.124 e. The summed E-state index contributed by atoms with van der Waals surface area (Å²) in [6.45, 7) is 1.89. The molecule has 2 aromatic carbocycles. The second kappa shape index (κ2) is 8.99. The molecule has 3 rings (SSSR count). The van der Waals surface area contributed by atoms with Crippen molar-refractivity contribution in [2.45, 2.75) is 19.7 Å². The number of aromatic nitrogens is 1. The van der Waals surface area contributed by atoms with E-state index in [0.717, 1.165) is 27.0 Å². The fourth-order valence-electron chi connectivity index (χ4n) is 2.44. The molecule has 0 aliphatic heterocycles. The first-order valence-electron chi connectivity index (χ1n) is 7.97. The number of halogens is 2. The van der Waals surface area contributed by atoms with Gasteiger partial charge in [0, 0.05) is 34.3 Å². The van der Waals surface area contributed by atoms with Crippen LogP contribution in [0.5, 0.6) is 5.75 Å². The lowest BCUT2D eigenvalue weighted by Gasteiger charge is -2.13. The zero-order valence-electron chi connectivity index (χ0n) is 13.6. The third kappa shape index (κ3) is 5.56. The number of hydrogen-bond acceptors (Lipinski definition) is 3. The van der Waals surface area contributed by atoms with Crippen LogP contribution >= 0.6 is 27.5 Å². The molecule has 0 unspecified atom stereocenters. The van der Waals surface area contributed by atoms with Gasteiger partial charge in [0.25, 0.3) is 0 Å². The Hall–Kier alpha value is -1.88. The van der Waals surface area contributed by atoms with Crippen LogP contribution in [0.2, 0.25) is 5.02 Å². The molecule has 0 amide bonds. The molecular weight excluding hydrogens is 400 g/mol. The molecule has 25 heavy (non-hydrogen) atoms. The summed E-state index contributed by atoms with van der Waals surface area (Å²) in [5, 5.41) is 4.13. The lowest BCUT2D eigenvalue weighted by atomic mass is 10.2. The van der Waals surface area contributed by atoms with Gasteiger partial charge in [-0.1, -0.05) is 45.7 Å². The van der Waals surface area contributed by atoms with Gasteiger partial charge in [0.1, 0.15) is 12.4 Å². The highest BCUT2D eigenvalue weighted by molar-refractivity contribution is 9.10. The minimum Gasteiger partial charge on any atom is -0.489 e. The summed E-state index contributed by atoms with van der Waals surface area (Å²) in [5.41, 5.74) is 3.15. The number of nitrogens with one attached hydrogen (secondary N) is 1. The van der Waals surface area contributed by atoms with Crippen molar-refractivity contribution in [1.29, 1.82) is 0 Å². The fourth-order valence-corrected chi connectivity index (χ4v) is 3.06. The molecule has 0 bridgehead atoms. The number of hydrogen-bond donors (Lipinski definition) is 1. The average molecular weight is 418 g/mol. The van der Waals surface area contributed by atoms with E-state index in [0.29, 0.717) is 24.7 Å². The third-order valence-corrected chi connectivity index (χ3v) is 4.38. The SMILES string of the molecule is Clc1cccc(COc2ccc(Br)cc2CNCc2ccccn2)c1. The first kappa shape index (κ1) is 17.9. The van der Waals surface area contributed by atoms with Gasteiger partial charge in [-0.3, -0.25) is 4.98 Å². The fraction of sp³-hybridized carbons (Fsp3) is 0.150. The molecule has 0 aliphatic rings. The van der Waals surface area contributed by atoms with Crippen LogP contribution in [0.4, 0.5) is 0 Å². The monoisotopic (exact) mass is 416 g/mol. The van der Waals surface area contributed by atoms with Crippen LogP contribution in [0.25, 0.3) is 0 Å². The van der Waals surface area contributed by atoms with E-state index >= 15 is 0 Å². The maximum absolute atomic E-state index is 6.03. The van der Waals surface area contributed by atoms with Gasteiger partial charge in [0.15, 0.2) is 0 Å². The van der Waals surface area contributed by atoms with E-state index < -0.39 is 0 Å². The first-order valence-corrected chi connectivity index (χ1v) is 9.14. The van der Waals surface area contributed by atoms with Gasteiger partial charge in [-0.25, -0.2) is 0 Å². The van der Waals surface area contributed by atoms with Crippen molar-refractivity contribution in [2.24, 2.45) is 0 Å². The summed E-state index contributed by atoms with van der Waals surface area (Å²) in [6.07, 6.45) is 1.80. The second-order valence-electron chi connectivity index (χ2n) is 5.60. The molecule has 128 valence electrons. The lowest BCUT2D eigenvalue weighted by Crippen LogP contribution is -2.14. The highest BCUT2D eigenvalue weighted by Crippen LogP contribution is 2.24. The molecule has 3 aromatic rings. The summed E-state index contributed by atoms with van der Waals surface area (Å²) in [5.74, 6) is 0.858. The highest BCUT2D eigenvalue weighted by Gasteiger charge is 2.06. The molecule has 0 radical (unpaired) electrons. The van der Waals surface area contributed by atoms with Crippen molar-refractivity contribution in [3.05, 3.63) is 93.2 Å². The summed E-state index contributed by atoms with van der Waals surface area (Å²) >= 11 is 9.55. The van der Waals surface area contributed by atoms with Crippen molar-refractivity contribution < 1.29 is 4.74 Å². The smallest absolute Gasteiger partial charge is 0.124 e. The molecule has 3 nitrogen and oxygen atoms in total. The van der Waals surface area contributed by atoms with Gasteiger partial charge in [0.05, 0.1) is 5.69 Å². The molecule has 1 aromatic heterocycles. The molecule has 0 atom stereocenters. The van der Waals surface area contributed by atoms with Crippen LogP contribution in [-0.4, -0.2) is 4.98 Å². The van der Waals surface area contributed by atoms with Crippen molar-refractivity contribution in [1.82, 2.24) is 10.3 Å². The zero-order valence-corrected chi connectivity index (χ0v) is 15.9. The van der Waals surface area contributed by atoms with Crippen molar-refractivity contribution in [3.8, 4) is 5.75 Å². The quantitative estimate of drug-likeness (QED) is 0.561. The van der Waals surface area contributed by atoms with Crippen molar-refractivity contribution in [3.63, 3.8) is 0 Å². The minimum atomic E-state index is 0.482. The predicted octanol–water partition coefficient (Wildman–Crippen LogP) is 5.37. The molecular formula is C20H18BrClN2O. The molecule has 0 fully saturated rings. The molecule has 0 spiro atoms. The Morgan fingerprint density at radius 2 is 1.92 bits per heavy atom. The Labute approximate surface area is 161 Å². The van der Waals surface area contributed by atoms with E-state index in [4.69, 9.17) is 16.3 Å². The number of rotatable bonds is 7. The number of benzene rings is 2. The Balaban J connectivity index is 1.63. The number of nitrogens with zero attached hydrogens (tertiary/aromatic N) is 1. The number of pyridine rings is 1. The van der Waals surface area contributed by atoms with Crippen LogP contribution in [0, 0.1) is 0 Å². The van der Waals surface area contributed by atoms with Crippen molar-refractivity contribution >= 4 is 27.5 Å². The standard InChI is InChI=1S/C20H18BrClN2O/c21-17-7-8-20(25-14-15-4-3-5-18(22)10-15)16(11-17)12-23-13-19-6-1-2-9-24-19/h1-11,23H,12-14H2. The molecule has 0 aliphatic carbocycles. The summed E-state index contributed by atoms with van der Waals surface area (Å²) in [4.78, 5) is 4.32. The van der Waals surface area contributed by atoms with Crippen LogP contribution in [-0.2, 0) is 19.7 Å². The van der Waals surface area contributed by atoms with Gasteiger partial charge in [0.2, 0.25) is 0 Å². The van der Waals surface area contributed by atoms with Gasteiger partial charge in [-0.05, 0) is 48.0 Å². The molecule has 0 saturated carbocycles. The largest absolute Gasteiger partial charge is 0.489 e. The van der Waals surface area contributed by atoms with E-state index in [1.165, 1.54) is 0 Å². The predicted molar refractivity (Wildman–Crippen MR) is 105 cm³/mol. The first-order chi connectivity index (χ1) is 12.2. The summed E-state index contributed by atoms with van der Waals surface area (Å²) in [6, 6.07) is 19.6. The Kier molecular flexibility index (Phi) is 6.45. The molecule has 1 N–H and O–H groups in total. The van der Waals surface area contributed by atoms with Gasteiger partial charge in [-0.2, -0.15) is 0 Å². The van der Waals surface area contributed by atoms with Gasteiger partial charge < -0.3 is 10.1 Å². The topological polar surface area (TPSA) is 34.1 Å². The van der Waals surface area contributed by atoms with Crippen LogP contribution in [0.15, 0.2) is 71.3 Å². The molecule has 0 saturated heterocycles. The lowest BCUT2D eigenvalue weighted by molar-refractivity contribution is 0.302. The second-order valence-corrected chi connectivity index (χ2v) is 6.95. The third-order valence-electron chi connectivity index (χ3n) is 3.65. The Morgan fingerprint density at radius 1 is 1.00 bits per heavy atom. The van der Waals surface area contributed by atoms with E-state index in [9.17, 15) is 0 Å². The van der Waals surface area contributed by atoms with E-state index in [1.807, 2.05) is 54.6 Å². The summed E-state index contributed by atoms with van der Waals surface area (Å²) < 4.78 is 7.03. The van der Waals surface area contributed by atoms with E-state index in [2.05, 4.69) is 32.3 Å². The van der Waals surface area contributed by atoms with Crippen LogP contribution in [0.3, 0.4) is 0 Å². The molecule has 1 heterocycles. The summed E-state index contributed by atoms with van der Waals surface area (Å²) in [7, 11) is 0. The minimum absolute atomic E-state index is 0.482. The van der Waals surface area contributed by atoms with E-state index in [1.54, 1.807) is 6.20 Å². The average Bonchev–Trinajstić information content (AvgIpc) is 2.62. The maximum atomic E-state index is 6.03. The Bertz CT molecular complexity index is 827. The highest BCUT2D eigenvalue weighted by atomic mass is 79.9. The van der Waals surface area contributed by atoms with E-state index in [-0.39, 0.29) is 0 Å².